The number of aliphatic carboxylic acids is 1. The van der Waals surface area contributed by atoms with Gasteiger partial charge in [0.1, 0.15) is 0 Å². The van der Waals surface area contributed by atoms with Crippen molar-refractivity contribution < 1.29 is 14.7 Å². The molecule has 1 rings (SSSR count). The van der Waals surface area contributed by atoms with Crippen LogP contribution in [0.3, 0.4) is 0 Å². The molecule has 0 fully saturated rings. The van der Waals surface area contributed by atoms with Crippen molar-refractivity contribution in [3.05, 3.63) is 26.7 Å². The Balaban J connectivity index is 2.78. The van der Waals surface area contributed by atoms with Crippen LogP contribution in [0.2, 0.25) is 10.0 Å². The molecule has 0 aliphatic carbocycles. The molecule has 20 heavy (non-hydrogen) atoms. The lowest BCUT2D eigenvalue weighted by Crippen LogP contribution is -2.36. The van der Waals surface area contributed by atoms with Gasteiger partial charge in [-0.25, -0.2) is 4.79 Å². The zero-order valence-corrected chi connectivity index (χ0v) is 13.7. The van der Waals surface area contributed by atoms with Gasteiger partial charge >= 0.3 is 12.0 Å². The van der Waals surface area contributed by atoms with Crippen LogP contribution in [0.5, 0.6) is 0 Å². The summed E-state index contributed by atoms with van der Waals surface area (Å²) in [5.74, 6) is -0.957. The molecular formula is C12H13BrCl2N2O3. The van der Waals surface area contributed by atoms with Gasteiger partial charge in [0.05, 0.1) is 22.2 Å². The van der Waals surface area contributed by atoms with Crippen LogP contribution in [-0.4, -0.2) is 35.1 Å². The number of carbonyl (C=O) groups excluding carboxylic acids is 1. The molecule has 0 spiro atoms. The van der Waals surface area contributed by atoms with Crippen LogP contribution >= 0.6 is 39.1 Å². The van der Waals surface area contributed by atoms with Crippen LogP contribution in [-0.2, 0) is 4.79 Å². The highest BCUT2D eigenvalue weighted by Crippen LogP contribution is 2.35. The van der Waals surface area contributed by atoms with Gasteiger partial charge in [0.25, 0.3) is 0 Å². The second-order valence-corrected chi connectivity index (χ2v) is 5.49. The Morgan fingerprint density at radius 2 is 2.00 bits per heavy atom. The van der Waals surface area contributed by atoms with Crippen molar-refractivity contribution in [2.45, 2.75) is 13.3 Å². The van der Waals surface area contributed by atoms with Crippen molar-refractivity contribution in [2.75, 3.05) is 18.4 Å². The maximum Gasteiger partial charge on any atom is 0.321 e. The fourth-order valence-electron chi connectivity index (χ4n) is 1.45. The maximum atomic E-state index is 12.0. The van der Waals surface area contributed by atoms with E-state index in [2.05, 4.69) is 21.2 Å². The highest BCUT2D eigenvalue weighted by molar-refractivity contribution is 9.10. The van der Waals surface area contributed by atoms with Crippen molar-refractivity contribution in [3.63, 3.8) is 0 Å². The Hall–Kier alpha value is -0.980. The number of hydrogen-bond acceptors (Lipinski definition) is 2. The number of urea groups is 1. The van der Waals surface area contributed by atoms with Gasteiger partial charge in [-0.1, -0.05) is 23.2 Å². The third-order valence-corrected chi connectivity index (χ3v) is 4.31. The van der Waals surface area contributed by atoms with E-state index in [0.717, 1.165) is 0 Å². The molecule has 0 atom stereocenters. The number of carbonyl (C=O) groups is 2. The van der Waals surface area contributed by atoms with Crippen molar-refractivity contribution >= 4 is 56.8 Å². The fourth-order valence-corrected chi connectivity index (χ4v) is 2.27. The van der Waals surface area contributed by atoms with E-state index in [1.54, 1.807) is 19.1 Å². The van der Waals surface area contributed by atoms with Crippen LogP contribution in [0.25, 0.3) is 0 Å². The summed E-state index contributed by atoms with van der Waals surface area (Å²) >= 11 is 15.2. The molecular weight excluding hydrogens is 371 g/mol. The third-order valence-electron chi connectivity index (χ3n) is 2.54. The SMILES string of the molecule is CCN(CCC(=O)O)C(=O)Nc1ccc(Br)c(Cl)c1Cl. The predicted molar refractivity (Wildman–Crippen MR) is 82.7 cm³/mol. The molecule has 0 aliphatic heterocycles. The van der Waals surface area contributed by atoms with Crippen LogP contribution in [0.4, 0.5) is 10.5 Å². The number of amides is 2. The monoisotopic (exact) mass is 382 g/mol. The number of nitrogens with one attached hydrogen (secondary N) is 1. The third kappa shape index (κ3) is 4.54. The van der Waals surface area contributed by atoms with E-state index in [9.17, 15) is 9.59 Å². The zero-order chi connectivity index (χ0) is 15.3. The van der Waals surface area contributed by atoms with Crippen LogP contribution in [0.1, 0.15) is 13.3 Å². The summed E-state index contributed by atoms with van der Waals surface area (Å²) in [4.78, 5) is 23.9. The number of rotatable bonds is 5. The molecule has 2 amide bonds. The van der Waals surface area contributed by atoms with Crippen molar-refractivity contribution in [1.29, 1.82) is 0 Å². The van der Waals surface area contributed by atoms with Gasteiger partial charge in [-0.3, -0.25) is 4.79 Å². The summed E-state index contributed by atoms with van der Waals surface area (Å²) in [5, 5.41) is 11.8. The zero-order valence-electron chi connectivity index (χ0n) is 10.6. The molecule has 0 heterocycles. The Bertz CT molecular complexity index is 526. The topological polar surface area (TPSA) is 69.6 Å². The first kappa shape index (κ1) is 17.1. The number of anilines is 1. The molecule has 0 aromatic heterocycles. The van der Waals surface area contributed by atoms with Crippen molar-refractivity contribution in [1.82, 2.24) is 4.90 Å². The first-order valence-corrected chi connectivity index (χ1v) is 7.33. The molecule has 8 heteroatoms. The quantitative estimate of drug-likeness (QED) is 0.752. The highest BCUT2D eigenvalue weighted by Gasteiger charge is 2.16. The van der Waals surface area contributed by atoms with Gasteiger partial charge in [0.15, 0.2) is 0 Å². The molecule has 0 saturated carbocycles. The highest BCUT2D eigenvalue weighted by atomic mass is 79.9. The van der Waals surface area contributed by atoms with E-state index in [1.807, 2.05) is 0 Å². The molecule has 0 aliphatic rings. The first-order valence-electron chi connectivity index (χ1n) is 5.78. The smallest absolute Gasteiger partial charge is 0.321 e. The van der Waals surface area contributed by atoms with Gasteiger partial charge in [0, 0.05) is 17.6 Å². The minimum Gasteiger partial charge on any atom is -0.481 e. The largest absolute Gasteiger partial charge is 0.481 e. The number of hydrogen-bond donors (Lipinski definition) is 2. The second kappa shape index (κ2) is 7.71. The Kier molecular flexibility index (Phi) is 6.58. The minimum atomic E-state index is -0.957. The van der Waals surface area contributed by atoms with Gasteiger partial charge in [-0.05, 0) is 35.0 Å². The summed E-state index contributed by atoms with van der Waals surface area (Å²) in [6.07, 6.45) is -0.115. The standard InChI is InChI=1S/C12H13BrCl2N2O3/c1-2-17(6-5-9(18)19)12(20)16-8-4-3-7(13)10(14)11(8)15/h3-4H,2,5-6H2,1H3,(H,16,20)(H,18,19). The molecule has 1 aromatic rings. The number of nitrogens with zero attached hydrogens (tertiary/aromatic N) is 1. The first-order chi connectivity index (χ1) is 9.36. The molecule has 0 saturated heterocycles. The van der Waals surface area contributed by atoms with E-state index in [0.29, 0.717) is 21.7 Å². The predicted octanol–water partition coefficient (Wildman–Crippen LogP) is 4.08. The number of halogens is 3. The summed E-state index contributed by atoms with van der Waals surface area (Å²) < 4.78 is 0.625. The Labute approximate surface area is 135 Å². The van der Waals surface area contributed by atoms with Gasteiger partial charge in [-0.15, -0.1) is 0 Å². The summed E-state index contributed by atoms with van der Waals surface area (Å²) in [6.45, 7) is 2.28. The van der Waals surface area contributed by atoms with Crippen LogP contribution in [0, 0.1) is 0 Å². The van der Waals surface area contributed by atoms with Crippen molar-refractivity contribution in [2.24, 2.45) is 0 Å². The van der Waals surface area contributed by atoms with Gasteiger partial charge in [0.2, 0.25) is 0 Å². The molecule has 0 radical (unpaired) electrons. The summed E-state index contributed by atoms with van der Waals surface area (Å²) in [5.41, 5.74) is 0.374. The van der Waals surface area contributed by atoms with Gasteiger partial charge < -0.3 is 15.3 Å². The number of benzene rings is 1. The Morgan fingerprint density at radius 1 is 1.35 bits per heavy atom. The average molecular weight is 384 g/mol. The minimum absolute atomic E-state index is 0.115. The molecule has 5 nitrogen and oxygen atoms in total. The van der Waals surface area contributed by atoms with Crippen LogP contribution in [0.15, 0.2) is 16.6 Å². The normalized spacial score (nSPS) is 10.2. The lowest BCUT2D eigenvalue weighted by Gasteiger charge is -2.21. The average Bonchev–Trinajstić information content (AvgIpc) is 2.40. The molecule has 0 unspecified atom stereocenters. The second-order valence-electron chi connectivity index (χ2n) is 3.88. The lowest BCUT2D eigenvalue weighted by atomic mass is 10.3. The van der Waals surface area contributed by atoms with Gasteiger partial charge in [-0.2, -0.15) is 0 Å². The number of carboxylic acid groups (broad SMARTS) is 1. The molecule has 1 aromatic carbocycles. The molecule has 110 valence electrons. The maximum absolute atomic E-state index is 12.0. The van der Waals surface area contributed by atoms with E-state index in [-0.39, 0.29) is 18.0 Å². The van der Waals surface area contributed by atoms with E-state index < -0.39 is 12.0 Å². The van der Waals surface area contributed by atoms with Crippen molar-refractivity contribution in [3.8, 4) is 0 Å². The van der Waals surface area contributed by atoms with E-state index in [1.165, 1.54) is 4.90 Å². The Morgan fingerprint density at radius 3 is 2.55 bits per heavy atom. The van der Waals surface area contributed by atoms with E-state index in [4.69, 9.17) is 28.3 Å². The summed E-state index contributed by atoms with van der Waals surface area (Å²) in [6, 6.07) is 2.85. The summed E-state index contributed by atoms with van der Waals surface area (Å²) in [7, 11) is 0. The molecule has 0 bridgehead atoms. The number of carboxylic acids is 1. The van der Waals surface area contributed by atoms with E-state index >= 15 is 0 Å². The molecule has 2 N–H and O–H groups in total. The van der Waals surface area contributed by atoms with Crippen LogP contribution < -0.4 is 5.32 Å². The lowest BCUT2D eigenvalue weighted by molar-refractivity contribution is -0.137. The fraction of sp³-hybridized carbons (Fsp3) is 0.333.